The van der Waals surface area contributed by atoms with Crippen LogP contribution in [-0.2, 0) is 13.1 Å². The molecule has 92 valence electrons. The molecule has 0 radical (unpaired) electrons. The second-order valence-corrected chi connectivity index (χ2v) is 4.74. The van der Waals surface area contributed by atoms with E-state index >= 15 is 0 Å². The number of benzene rings is 1. The Kier molecular flexibility index (Phi) is 3.07. The lowest BCUT2D eigenvalue weighted by atomic mass is 10.2. The molecule has 1 aromatic carbocycles. The topological polar surface area (TPSA) is 22.8 Å². The van der Waals surface area contributed by atoms with Crippen LogP contribution in [0, 0.1) is 0 Å². The van der Waals surface area contributed by atoms with Crippen molar-refractivity contribution in [3.05, 3.63) is 54.2 Å². The highest BCUT2D eigenvalue weighted by atomic mass is 35.5. The summed E-state index contributed by atoms with van der Waals surface area (Å²) in [5.41, 5.74) is 1.20. The van der Waals surface area contributed by atoms with Gasteiger partial charge in [-0.2, -0.15) is 0 Å². The molecular formula is C14H14ClN3. The van der Waals surface area contributed by atoms with Gasteiger partial charge < -0.3 is 9.13 Å². The Balaban J connectivity index is 1.73. The fraction of sp³-hybridized carbons (Fsp3) is 0.214. The van der Waals surface area contributed by atoms with Crippen molar-refractivity contribution in [2.45, 2.75) is 19.5 Å². The molecule has 0 unspecified atom stereocenters. The molecule has 0 saturated carbocycles. The second-order valence-electron chi connectivity index (χ2n) is 4.34. The first-order valence-corrected chi connectivity index (χ1v) is 6.41. The van der Waals surface area contributed by atoms with Gasteiger partial charge in [0.1, 0.15) is 0 Å². The Morgan fingerprint density at radius 1 is 1.11 bits per heavy atom. The normalized spacial score (nSPS) is 11.2. The van der Waals surface area contributed by atoms with Crippen LogP contribution < -0.4 is 0 Å². The van der Waals surface area contributed by atoms with Crippen LogP contribution in [0.5, 0.6) is 0 Å². The third-order valence-electron chi connectivity index (χ3n) is 3.13. The van der Waals surface area contributed by atoms with Crippen molar-refractivity contribution in [2.75, 3.05) is 0 Å². The lowest BCUT2D eigenvalue weighted by molar-refractivity contribution is 0.573. The summed E-state index contributed by atoms with van der Waals surface area (Å²) >= 11 is 6.16. The van der Waals surface area contributed by atoms with Gasteiger partial charge in [-0.1, -0.05) is 17.7 Å². The molecule has 0 saturated heterocycles. The van der Waals surface area contributed by atoms with Gasteiger partial charge in [0, 0.05) is 47.6 Å². The van der Waals surface area contributed by atoms with Crippen LogP contribution in [0.2, 0.25) is 5.02 Å². The largest absolute Gasteiger partial charge is 0.347 e. The summed E-state index contributed by atoms with van der Waals surface area (Å²) in [6.07, 6.45) is 8.83. The summed E-state index contributed by atoms with van der Waals surface area (Å²) < 4.78 is 4.34. The van der Waals surface area contributed by atoms with E-state index in [1.807, 2.05) is 30.9 Å². The van der Waals surface area contributed by atoms with E-state index in [4.69, 9.17) is 11.6 Å². The van der Waals surface area contributed by atoms with Gasteiger partial charge in [0.25, 0.3) is 0 Å². The first-order valence-electron chi connectivity index (χ1n) is 6.04. The molecule has 4 heteroatoms. The summed E-state index contributed by atoms with van der Waals surface area (Å²) in [4.78, 5) is 4.04. The lowest BCUT2D eigenvalue weighted by Crippen LogP contribution is -2.01. The molecular weight excluding hydrogens is 246 g/mol. The van der Waals surface area contributed by atoms with Crippen molar-refractivity contribution in [3.8, 4) is 0 Å². The average Bonchev–Trinajstić information content (AvgIpc) is 3.00. The number of imidazole rings is 1. The Hall–Kier alpha value is -1.74. The molecule has 3 aromatic rings. The number of fused-ring (bicyclic) bond motifs is 1. The summed E-state index contributed by atoms with van der Waals surface area (Å²) in [5, 5.41) is 1.95. The zero-order valence-electron chi connectivity index (χ0n) is 9.96. The third kappa shape index (κ3) is 2.14. The smallest absolute Gasteiger partial charge is 0.0945 e. The van der Waals surface area contributed by atoms with Gasteiger partial charge in [-0.3, -0.25) is 0 Å². The summed E-state index contributed by atoms with van der Waals surface area (Å²) in [7, 11) is 0. The molecule has 0 N–H and O–H groups in total. The van der Waals surface area contributed by atoms with Gasteiger partial charge in [0.05, 0.1) is 6.33 Å². The van der Waals surface area contributed by atoms with E-state index in [9.17, 15) is 0 Å². The second kappa shape index (κ2) is 4.86. The van der Waals surface area contributed by atoms with Crippen molar-refractivity contribution in [1.82, 2.24) is 14.1 Å². The number of rotatable bonds is 4. The molecule has 2 heterocycles. The molecule has 3 rings (SSSR count). The minimum atomic E-state index is 0.820. The molecule has 0 spiro atoms. The van der Waals surface area contributed by atoms with Gasteiger partial charge in [-0.05, 0) is 24.6 Å². The predicted octanol–water partition coefficient (Wildman–Crippen LogP) is 3.58. The molecule has 0 fully saturated rings. The first kappa shape index (κ1) is 11.4. The van der Waals surface area contributed by atoms with E-state index in [1.165, 1.54) is 5.52 Å². The number of aromatic nitrogens is 3. The van der Waals surface area contributed by atoms with Crippen LogP contribution >= 0.6 is 11.6 Å². The summed E-state index contributed by atoms with van der Waals surface area (Å²) in [6, 6.07) is 8.12. The monoisotopic (exact) mass is 259 g/mol. The van der Waals surface area contributed by atoms with E-state index < -0.39 is 0 Å². The zero-order valence-corrected chi connectivity index (χ0v) is 10.7. The quantitative estimate of drug-likeness (QED) is 0.702. The SMILES string of the molecule is Clc1cccc2c1ccn2CCCn1ccnc1. The van der Waals surface area contributed by atoms with Gasteiger partial charge in [0.15, 0.2) is 0 Å². The standard InChI is InChI=1S/C14H14ClN3/c15-13-3-1-4-14-12(13)5-9-18(14)8-2-7-17-10-6-16-11-17/h1,3-6,9-11H,2,7-8H2. The fourth-order valence-electron chi connectivity index (χ4n) is 2.22. The van der Waals surface area contributed by atoms with Crippen LogP contribution in [0.15, 0.2) is 49.2 Å². The molecule has 2 aromatic heterocycles. The molecule has 0 bridgehead atoms. The highest BCUT2D eigenvalue weighted by Gasteiger charge is 2.03. The van der Waals surface area contributed by atoms with Gasteiger partial charge in [0.2, 0.25) is 0 Å². The molecule has 0 aliphatic rings. The number of hydrogen-bond donors (Lipinski definition) is 0. The highest BCUT2D eigenvalue weighted by Crippen LogP contribution is 2.24. The fourth-order valence-corrected chi connectivity index (χ4v) is 2.46. The number of aryl methyl sites for hydroxylation is 2. The maximum Gasteiger partial charge on any atom is 0.0945 e. The number of hydrogen-bond acceptors (Lipinski definition) is 1. The predicted molar refractivity (Wildman–Crippen MR) is 73.8 cm³/mol. The van der Waals surface area contributed by atoms with E-state index in [1.54, 1.807) is 0 Å². The molecule has 0 atom stereocenters. The third-order valence-corrected chi connectivity index (χ3v) is 3.46. The van der Waals surface area contributed by atoms with Crippen molar-refractivity contribution in [3.63, 3.8) is 0 Å². The molecule has 18 heavy (non-hydrogen) atoms. The number of nitrogens with zero attached hydrogens (tertiary/aromatic N) is 3. The van der Waals surface area contributed by atoms with Crippen LogP contribution in [0.3, 0.4) is 0 Å². The number of halogens is 1. The van der Waals surface area contributed by atoms with Crippen molar-refractivity contribution >= 4 is 22.5 Å². The van der Waals surface area contributed by atoms with E-state index in [0.717, 1.165) is 29.9 Å². The average molecular weight is 260 g/mol. The van der Waals surface area contributed by atoms with E-state index in [0.29, 0.717) is 0 Å². The maximum atomic E-state index is 6.16. The highest BCUT2D eigenvalue weighted by molar-refractivity contribution is 6.35. The maximum absolute atomic E-state index is 6.16. The molecule has 0 aliphatic heterocycles. The minimum absolute atomic E-state index is 0.820. The van der Waals surface area contributed by atoms with Gasteiger partial charge in [-0.15, -0.1) is 0 Å². The Morgan fingerprint density at radius 2 is 2.06 bits per heavy atom. The Bertz CT molecular complexity index is 640. The lowest BCUT2D eigenvalue weighted by Gasteiger charge is -2.06. The van der Waals surface area contributed by atoms with Gasteiger partial charge >= 0.3 is 0 Å². The molecule has 0 aliphatic carbocycles. The minimum Gasteiger partial charge on any atom is -0.347 e. The van der Waals surface area contributed by atoms with Gasteiger partial charge in [-0.25, -0.2) is 4.98 Å². The Labute approximate surface area is 111 Å². The van der Waals surface area contributed by atoms with Crippen molar-refractivity contribution in [1.29, 1.82) is 0 Å². The van der Waals surface area contributed by atoms with Crippen LogP contribution in [-0.4, -0.2) is 14.1 Å². The van der Waals surface area contributed by atoms with E-state index in [-0.39, 0.29) is 0 Å². The van der Waals surface area contributed by atoms with Crippen LogP contribution in [0.25, 0.3) is 10.9 Å². The zero-order chi connectivity index (χ0) is 12.4. The summed E-state index contributed by atoms with van der Waals surface area (Å²) in [5.74, 6) is 0. The first-order chi connectivity index (χ1) is 8.84. The van der Waals surface area contributed by atoms with Crippen LogP contribution in [0.4, 0.5) is 0 Å². The van der Waals surface area contributed by atoms with Crippen molar-refractivity contribution < 1.29 is 0 Å². The Morgan fingerprint density at radius 3 is 2.89 bits per heavy atom. The van der Waals surface area contributed by atoms with Crippen LogP contribution in [0.1, 0.15) is 6.42 Å². The molecule has 0 amide bonds. The molecule has 3 nitrogen and oxygen atoms in total. The van der Waals surface area contributed by atoms with E-state index in [2.05, 4.69) is 32.4 Å². The summed E-state index contributed by atoms with van der Waals surface area (Å²) in [6.45, 7) is 1.97. The van der Waals surface area contributed by atoms with Crippen molar-refractivity contribution in [2.24, 2.45) is 0 Å².